The van der Waals surface area contributed by atoms with E-state index in [1.54, 1.807) is 0 Å². The van der Waals surface area contributed by atoms with Gasteiger partial charge in [-0.3, -0.25) is 4.79 Å². The monoisotopic (exact) mass is 315 g/mol. The van der Waals surface area contributed by atoms with Crippen LogP contribution in [0.2, 0.25) is 0 Å². The fourth-order valence-electron chi connectivity index (χ4n) is 3.71. The smallest absolute Gasteiger partial charge is 0.223 e. The summed E-state index contributed by atoms with van der Waals surface area (Å²) in [4.78, 5) is 14.8. The summed E-state index contributed by atoms with van der Waals surface area (Å²) in [5.74, 6) is 1.01. The van der Waals surface area contributed by atoms with Crippen LogP contribution in [0.3, 0.4) is 0 Å². The van der Waals surface area contributed by atoms with Crippen molar-refractivity contribution in [3.8, 4) is 0 Å². The lowest BCUT2D eigenvalue weighted by atomic mass is 9.98. The molecule has 0 saturated carbocycles. The second-order valence-electron chi connectivity index (χ2n) is 6.80. The number of piperazine rings is 1. The maximum Gasteiger partial charge on any atom is 0.223 e. The molecule has 2 fully saturated rings. The van der Waals surface area contributed by atoms with Crippen molar-refractivity contribution in [2.75, 3.05) is 32.7 Å². The summed E-state index contributed by atoms with van der Waals surface area (Å²) >= 11 is 0. The molecule has 2 N–H and O–H groups in total. The fourth-order valence-corrected chi connectivity index (χ4v) is 3.71. The van der Waals surface area contributed by atoms with Crippen molar-refractivity contribution in [3.63, 3.8) is 0 Å². The van der Waals surface area contributed by atoms with Gasteiger partial charge in [-0.1, -0.05) is 31.2 Å². The Morgan fingerprint density at radius 3 is 2.65 bits per heavy atom. The van der Waals surface area contributed by atoms with Gasteiger partial charge >= 0.3 is 0 Å². The van der Waals surface area contributed by atoms with Crippen LogP contribution < -0.4 is 10.6 Å². The number of nitrogens with one attached hydrogen (secondary N) is 2. The SMILES string of the molecule is CCc1ccc(C2CNCCN2C(=O)CCC2CCNC2)cc1. The van der Waals surface area contributed by atoms with E-state index in [2.05, 4.69) is 46.7 Å². The Morgan fingerprint density at radius 2 is 1.96 bits per heavy atom. The Kier molecular flexibility index (Phi) is 5.68. The van der Waals surface area contributed by atoms with Crippen LogP contribution in [0.4, 0.5) is 0 Å². The van der Waals surface area contributed by atoms with E-state index in [0.717, 1.165) is 45.6 Å². The van der Waals surface area contributed by atoms with Crippen molar-refractivity contribution in [2.24, 2.45) is 5.92 Å². The van der Waals surface area contributed by atoms with Crippen LogP contribution in [0.5, 0.6) is 0 Å². The molecule has 0 aromatic heterocycles. The molecule has 0 bridgehead atoms. The average molecular weight is 315 g/mol. The normalized spacial score (nSPS) is 24.8. The van der Waals surface area contributed by atoms with Crippen molar-refractivity contribution >= 4 is 5.91 Å². The highest BCUT2D eigenvalue weighted by Gasteiger charge is 2.28. The first-order chi connectivity index (χ1) is 11.3. The number of amides is 1. The van der Waals surface area contributed by atoms with E-state index >= 15 is 0 Å². The third-order valence-corrected chi connectivity index (χ3v) is 5.27. The van der Waals surface area contributed by atoms with Crippen molar-refractivity contribution < 1.29 is 4.79 Å². The number of aryl methyl sites for hydroxylation is 1. The molecule has 2 heterocycles. The predicted molar refractivity (Wildman–Crippen MR) is 93.4 cm³/mol. The molecule has 2 atom stereocenters. The van der Waals surface area contributed by atoms with Gasteiger partial charge in [-0.15, -0.1) is 0 Å². The molecular weight excluding hydrogens is 286 g/mol. The first-order valence-corrected chi connectivity index (χ1v) is 9.07. The third kappa shape index (κ3) is 4.12. The minimum atomic E-state index is 0.184. The molecule has 2 aliphatic heterocycles. The number of carbonyl (C=O) groups is 1. The molecule has 1 amide bonds. The molecule has 3 rings (SSSR count). The predicted octanol–water partition coefficient (Wildman–Crippen LogP) is 2.11. The summed E-state index contributed by atoms with van der Waals surface area (Å²) in [6.07, 6.45) is 3.99. The highest BCUT2D eigenvalue weighted by molar-refractivity contribution is 5.77. The topological polar surface area (TPSA) is 44.4 Å². The number of nitrogens with zero attached hydrogens (tertiary/aromatic N) is 1. The van der Waals surface area contributed by atoms with Crippen LogP contribution in [-0.2, 0) is 11.2 Å². The van der Waals surface area contributed by atoms with Gasteiger partial charge in [-0.25, -0.2) is 0 Å². The standard InChI is InChI=1S/C19H29N3O/c1-2-15-3-6-17(7-4-15)18-14-21-11-12-22(18)19(23)8-5-16-9-10-20-13-16/h3-4,6-7,16,18,20-21H,2,5,8-14H2,1H3. The van der Waals surface area contributed by atoms with E-state index in [4.69, 9.17) is 0 Å². The molecule has 2 aliphatic rings. The van der Waals surface area contributed by atoms with Gasteiger partial charge in [-0.05, 0) is 49.4 Å². The first kappa shape index (κ1) is 16.5. The van der Waals surface area contributed by atoms with Gasteiger partial charge in [0.25, 0.3) is 0 Å². The summed E-state index contributed by atoms with van der Waals surface area (Å²) in [6.45, 7) is 6.95. The molecule has 1 aromatic rings. The van der Waals surface area contributed by atoms with Crippen molar-refractivity contribution in [3.05, 3.63) is 35.4 Å². The Morgan fingerprint density at radius 1 is 1.17 bits per heavy atom. The maximum absolute atomic E-state index is 12.7. The van der Waals surface area contributed by atoms with Gasteiger partial charge in [0.15, 0.2) is 0 Å². The zero-order chi connectivity index (χ0) is 16.1. The van der Waals surface area contributed by atoms with Crippen molar-refractivity contribution in [1.82, 2.24) is 15.5 Å². The van der Waals surface area contributed by atoms with Gasteiger partial charge in [0.1, 0.15) is 0 Å². The van der Waals surface area contributed by atoms with E-state index < -0.39 is 0 Å². The highest BCUT2D eigenvalue weighted by Crippen LogP contribution is 2.25. The average Bonchev–Trinajstić information content (AvgIpc) is 3.13. The van der Waals surface area contributed by atoms with Crippen LogP contribution in [-0.4, -0.2) is 43.5 Å². The lowest BCUT2D eigenvalue weighted by Crippen LogP contribution is -2.48. The maximum atomic E-state index is 12.7. The second-order valence-corrected chi connectivity index (χ2v) is 6.80. The molecule has 0 radical (unpaired) electrons. The first-order valence-electron chi connectivity index (χ1n) is 9.07. The quantitative estimate of drug-likeness (QED) is 0.875. The molecule has 1 aromatic carbocycles. The molecule has 4 heteroatoms. The molecule has 0 aliphatic carbocycles. The van der Waals surface area contributed by atoms with Crippen LogP contribution >= 0.6 is 0 Å². The van der Waals surface area contributed by atoms with E-state index in [1.807, 2.05) is 0 Å². The van der Waals surface area contributed by atoms with Crippen molar-refractivity contribution in [1.29, 1.82) is 0 Å². The van der Waals surface area contributed by atoms with Gasteiger partial charge < -0.3 is 15.5 Å². The summed E-state index contributed by atoms with van der Waals surface area (Å²) in [7, 11) is 0. The summed E-state index contributed by atoms with van der Waals surface area (Å²) < 4.78 is 0. The van der Waals surface area contributed by atoms with Gasteiger partial charge in [0.05, 0.1) is 6.04 Å². The lowest BCUT2D eigenvalue weighted by Gasteiger charge is -2.37. The largest absolute Gasteiger partial charge is 0.333 e. The minimum absolute atomic E-state index is 0.184. The third-order valence-electron chi connectivity index (χ3n) is 5.27. The van der Waals surface area contributed by atoms with Crippen LogP contribution in [0.1, 0.15) is 43.4 Å². The Hall–Kier alpha value is -1.39. The molecule has 23 heavy (non-hydrogen) atoms. The zero-order valence-corrected chi connectivity index (χ0v) is 14.2. The van der Waals surface area contributed by atoms with Crippen molar-refractivity contribution in [2.45, 2.75) is 38.6 Å². The van der Waals surface area contributed by atoms with E-state index in [-0.39, 0.29) is 6.04 Å². The Labute approximate surface area is 139 Å². The summed E-state index contributed by atoms with van der Waals surface area (Å²) in [6, 6.07) is 8.95. The minimum Gasteiger partial charge on any atom is -0.333 e. The van der Waals surface area contributed by atoms with Gasteiger partial charge in [0, 0.05) is 26.1 Å². The molecule has 2 unspecified atom stereocenters. The lowest BCUT2D eigenvalue weighted by molar-refractivity contribution is -0.134. The fraction of sp³-hybridized carbons (Fsp3) is 0.632. The Bertz CT molecular complexity index is 508. The molecule has 126 valence electrons. The molecule has 0 spiro atoms. The zero-order valence-electron chi connectivity index (χ0n) is 14.2. The number of benzene rings is 1. The van der Waals surface area contributed by atoms with E-state index in [9.17, 15) is 4.79 Å². The van der Waals surface area contributed by atoms with Crippen LogP contribution in [0, 0.1) is 5.92 Å². The summed E-state index contributed by atoms with van der Waals surface area (Å²) in [5.41, 5.74) is 2.61. The highest BCUT2D eigenvalue weighted by atomic mass is 16.2. The Balaban J connectivity index is 1.63. The van der Waals surface area contributed by atoms with Crippen LogP contribution in [0.15, 0.2) is 24.3 Å². The molecule has 4 nitrogen and oxygen atoms in total. The number of carbonyl (C=O) groups excluding carboxylic acids is 1. The van der Waals surface area contributed by atoms with E-state index in [1.165, 1.54) is 17.5 Å². The number of hydrogen-bond donors (Lipinski definition) is 2. The molecular formula is C19H29N3O. The number of hydrogen-bond acceptors (Lipinski definition) is 3. The van der Waals surface area contributed by atoms with Gasteiger partial charge in [-0.2, -0.15) is 0 Å². The van der Waals surface area contributed by atoms with Crippen LogP contribution in [0.25, 0.3) is 0 Å². The number of rotatable bonds is 5. The van der Waals surface area contributed by atoms with Gasteiger partial charge in [0.2, 0.25) is 5.91 Å². The van der Waals surface area contributed by atoms with E-state index in [0.29, 0.717) is 18.2 Å². The molecule has 2 saturated heterocycles. The summed E-state index contributed by atoms with van der Waals surface area (Å²) in [5, 5.41) is 6.83. The second kappa shape index (κ2) is 7.93.